The van der Waals surface area contributed by atoms with E-state index >= 15 is 0 Å². The number of rotatable bonds is 4. The number of carbonyl (C=O) groups excluding carboxylic acids is 1. The Labute approximate surface area is 135 Å². The summed E-state index contributed by atoms with van der Waals surface area (Å²) < 4.78 is 0. The molecule has 3 aromatic rings. The van der Waals surface area contributed by atoms with Gasteiger partial charge in [0.15, 0.2) is 0 Å². The smallest absolute Gasteiger partial charge is 0.255 e. The Hall–Kier alpha value is -2.68. The average molecular weight is 302 g/mol. The van der Waals surface area contributed by atoms with Crippen LogP contribution in [0.3, 0.4) is 0 Å². The fourth-order valence-electron chi connectivity index (χ4n) is 3.00. The lowest BCUT2D eigenvalue weighted by Crippen LogP contribution is -2.32. The first-order chi connectivity index (χ1) is 11.3. The van der Waals surface area contributed by atoms with Crippen molar-refractivity contribution in [3.63, 3.8) is 0 Å². The number of nitrogens with zero attached hydrogens (tertiary/aromatic N) is 2. The number of carbonyl (C=O) groups is 1. The van der Waals surface area contributed by atoms with Gasteiger partial charge >= 0.3 is 0 Å². The predicted octanol–water partition coefficient (Wildman–Crippen LogP) is 4.04. The van der Waals surface area contributed by atoms with Gasteiger partial charge in [-0.3, -0.25) is 9.78 Å². The van der Waals surface area contributed by atoms with Crippen LogP contribution < -0.4 is 0 Å². The second-order valence-corrected chi connectivity index (χ2v) is 6.05. The highest BCUT2D eigenvalue weighted by Gasteiger charge is 2.33. The number of pyridine rings is 1. The molecule has 1 aliphatic rings. The topological polar surface area (TPSA) is 33.2 Å². The van der Waals surface area contributed by atoms with Gasteiger partial charge in [-0.05, 0) is 47.4 Å². The lowest BCUT2D eigenvalue weighted by Gasteiger charge is -2.23. The Morgan fingerprint density at radius 2 is 1.74 bits per heavy atom. The molecule has 0 radical (unpaired) electrons. The number of fused-ring (bicyclic) bond motifs is 1. The molecule has 1 fully saturated rings. The second kappa shape index (κ2) is 5.84. The highest BCUT2D eigenvalue weighted by molar-refractivity contribution is 6.07. The van der Waals surface area contributed by atoms with Crippen molar-refractivity contribution in [3.8, 4) is 0 Å². The Morgan fingerprint density at radius 1 is 1.00 bits per heavy atom. The van der Waals surface area contributed by atoms with Gasteiger partial charge in [-0.15, -0.1) is 0 Å². The summed E-state index contributed by atoms with van der Waals surface area (Å²) in [6, 6.07) is 18.4. The third kappa shape index (κ3) is 2.82. The molecule has 1 heterocycles. The van der Waals surface area contributed by atoms with E-state index in [4.69, 9.17) is 0 Å². The second-order valence-electron chi connectivity index (χ2n) is 6.05. The molecule has 0 unspecified atom stereocenters. The summed E-state index contributed by atoms with van der Waals surface area (Å²) in [6.07, 6.45) is 5.76. The van der Waals surface area contributed by atoms with Crippen molar-refractivity contribution in [3.05, 3.63) is 78.1 Å². The Morgan fingerprint density at radius 3 is 2.52 bits per heavy atom. The first kappa shape index (κ1) is 13.9. The molecule has 3 nitrogen and oxygen atoms in total. The van der Waals surface area contributed by atoms with Crippen LogP contribution in [0.4, 0.5) is 0 Å². The van der Waals surface area contributed by atoms with Crippen molar-refractivity contribution in [1.29, 1.82) is 0 Å². The van der Waals surface area contributed by atoms with Crippen LogP contribution in [-0.2, 0) is 6.54 Å². The predicted molar refractivity (Wildman–Crippen MR) is 91.1 cm³/mol. The van der Waals surface area contributed by atoms with E-state index in [0.717, 1.165) is 34.7 Å². The van der Waals surface area contributed by atoms with E-state index in [0.29, 0.717) is 12.6 Å². The third-order valence-corrected chi connectivity index (χ3v) is 4.37. The largest absolute Gasteiger partial charge is 0.331 e. The van der Waals surface area contributed by atoms with Crippen molar-refractivity contribution in [2.24, 2.45) is 0 Å². The summed E-state index contributed by atoms with van der Waals surface area (Å²) in [5.74, 6) is 0.126. The monoisotopic (exact) mass is 302 g/mol. The Balaban J connectivity index is 1.70. The summed E-state index contributed by atoms with van der Waals surface area (Å²) in [4.78, 5) is 19.2. The standard InChI is InChI=1S/C20H18N2O/c23-20(19-7-3-5-16-4-1-2-6-18(16)19)22(17-8-9-17)14-15-10-12-21-13-11-15/h1-7,10-13,17H,8-9,14H2. The van der Waals surface area contributed by atoms with Crippen molar-refractivity contribution in [1.82, 2.24) is 9.88 Å². The van der Waals surface area contributed by atoms with Gasteiger partial charge in [0.1, 0.15) is 0 Å². The number of benzene rings is 2. The summed E-state index contributed by atoms with van der Waals surface area (Å²) in [5, 5.41) is 2.14. The first-order valence-electron chi connectivity index (χ1n) is 8.00. The zero-order valence-corrected chi connectivity index (χ0v) is 12.9. The maximum Gasteiger partial charge on any atom is 0.255 e. The zero-order valence-electron chi connectivity index (χ0n) is 12.9. The van der Waals surface area contributed by atoms with E-state index in [1.165, 1.54) is 0 Å². The van der Waals surface area contributed by atoms with Crippen LogP contribution in [0.15, 0.2) is 67.0 Å². The van der Waals surface area contributed by atoms with Crippen LogP contribution in [0.5, 0.6) is 0 Å². The summed E-state index contributed by atoms with van der Waals surface area (Å²) in [6.45, 7) is 0.648. The molecule has 114 valence electrons. The van der Waals surface area contributed by atoms with Crippen molar-refractivity contribution in [2.75, 3.05) is 0 Å². The third-order valence-electron chi connectivity index (χ3n) is 4.37. The van der Waals surface area contributed by atoms with Crippen molar-refractivity contribution in [2.45, 2.75) is 25.4 Å². The van der Waals surface area contributed by atoms with Crippen molar-refractivity contribution < 1.29 is 4.79 Å². The molecule has 0 aliphatic heterocycles. The van der Waals surface area contributed by atoms with Gasteiger partial charge in [-0.25, -0.2) is 0 Å². The molecule has 23 heavy (non-hydrogen) atoms. The SMILES string of the molecule is O=C(c1cccc2ccccc12)N(Cc1ccncc1)C1CC1. The molecule has 1 saturated carbocycles. The van der Waals surface area contributed by atoms with Crippen molar-refractivity contribution >= 4 is 16.7 Å². The van der Waals surface area contributed by atoms with Gasteiger partial charge in [0.05, 0.1) is 0 Å². The van der Waals surface area contributed by atoms with Crippen LogP contribution in [0, 0.1) is 0 Å². The number of hydrogen-bond acceptors (Lipinski definition) is 2. The van der Waals surface area contributed by atoms with E-state index in [1.54, 1.807) is 12.4 Å². The lowest BCUT2D eigenvalue weighted by molar-refractivity contribution is 0.0732. The van der Waals surface area contributed by atoms with E-state index in [9.17, 15) is 4.79 Å². The molecule has 0 bridgehead atoms. The number of amides is 1. The van der Waals surface area contributed by atoms with Crippen LogP contribution in [0.25, 0.3) is 10.8 Å². The lowest BCUT2D eigenvalue weighted by atomic mass is 10.0. The average Bonchev–Trinajstić information content (AvgIpc) is 3.44. The Kier molecular flexibility index (Phi) is 3.54. The molecule has 1 amide bonds. The maximum absolute atomic E-state index is 13.2. The molecular weight excluding hydrogens is 284 g/mol. The number of hydrogen-bond donors (Lipinski definition) is 0. The van der Waals surface area contributed by atoms with Gasteiger partial charge in [0.2, 0.25) is 0 Å². The molecule has 0 atom stereocenters. The molecular formula is C20H18N2O. The highest BCUT2D eigenvalue weighted by Crippen LogP contribution is 2.31. The quantitative estimate of drug-likeness (QED) is 0.728. The number of aromatic nitrogens is 1. The summed E-state index contributed by atoms with van der Waals surface area (Å²) >= 11 is 0. The minimum atomic E-state index is 0.126. The Bertz CT molecular complexity index is 835. The zero-order chi connectivity index (χ0) is 15.6. The molecule has 0 saturated heterocycles. The molecule has 4 rings (SSSR count). The van der Waals surface area contributed by atoms with Gasteiger partial charge < -0.3 is 4.90 Å². The minimum absolute atomic E-state index is 0.126. The molecule has 2 aromatic carbocycles. The molecule has 0 N–H and O–H groups in total. The molecule has 0 spiro atoms. The fraction of sp³-hybridized carbons (Fsp3) is 0.200. The minimum Gasteiger partial charge on any atom is -0.331 e. The molecule has 1 aromatic heterocycles. The van der Waals surface area contributed by atoms with Gasteiger partial charge in [-0.1, -0.05) is 36.4 Å². The molecule has 3 heteroatoms. The van der Waals surface area contributed by atoms with E-state index < -0.39 is 0 Å². The normalized spacial score (nSPS) is 13.9. The van der Waals surface area contributed by atoms with Gasteiger partial charge in [0.25, 0.3) is 5.91 Å². The van der Waals surface area contributed by atoms with Crippen LogP contribution >= 0.6 is 0 Å². The van der Waals surface area contributed by atoms with Crippen LogP contribution in [0.1, 0.15) is 28.8 Å². The van der Waals surface area contributed by atoms with E-state index in [1.807, 2.05) is 47.4 Å². The fourth-order valence-corrected chi connectivity index (χ4v) is 3.00. The highest BCUT2D eigenvalue weighted by atomic mass is 16.2. The van der Waals surface area contributed by atoms with Crippen LogP contribution in [-0.4, -0.2) is 21.8 Å². The first-order valence-corrected chi connectivity index (χ1v) is 8.00. The summed E-state index contributed by atoms with van der Waals surface area (Å²) in [7, 11) is 0. The van der Waals surface area contributed by atoms with Gasteiger partial charge in [0, 0.05) is 30.5 Å². The van der Waals surface area contributed by atoms with Gasteiger partial charge in [-0.2, -0.15) is 0 Å². The van der Waals surface area contributed by atoms with E-state index in [2.05, 4.69) is 17.1 Å². The molecule has 1 aliphatic carbocycles. The van der Waals surface area contributed by atoms with E-state index in [-0.39, 0.29) is 5.91 Å². The van der Waals surface area contributed by atoms with Crippen LogP contribution in [0.2, 0.25) is 0 Å². The maximum atomic E-state index is 13.2. The summed E-state index contributed by atoms with van der Waals surface area (Å²) in [5.41, 5.74) is 1.92.